The van der Waals surface area contributed by atoms with Gasteiger partial charge in [-0.05, 0) is 44.1 Å². The van der Waals surface area contributed by atoms with Crippen molar-refractivity contribution in [2.24, 2.45) is 5.92 Å². The summed E-state index contributed by atoms with van der Waals surface area (Å²) < 4.78 is 0. The fourth-order valence-electron chi connectivity index (χ4n) is 2.91. The second-order valence-electron chi connectivity index (χ2n) is 6.18. The first-order chi connectivity index (χ1) is 9.33. The zero-order chi connectivity index (χ0) is 13.1. The van der Waals surface area contributed by atoms with Crippen molar-refractivity contribution in [3.8, 4) is 0 Å². The number of anilines is 1. The highest BCUT2D eigenvalue weighted by atomic mass is 15.1. The maximum absolute atomic E-state index is 4.31. The van der Waals surface area contributed by atoms with E-state index in [0.717, 1.165) is 18.5 Å². The maximum atomic E-state index is 4.31. The molecule has 0 bridgehead atoms. The summed E-state index contributed by atoms with van der Waals surface area (Å²) in [7, 11) is 0. The van der Waals surface area contributed by atoms with Crippen LogP contribution < -0.4 is 10.2 Å². The van der Waals surface area contributed by atoms with Crippen molar-refractivity contribution in [3.63, 3.8) is 0 Å². The van der Waals surface area contributed by atoms with Crippen molar-refractivity contribution in [3.05, 3.63) is 24.0 Å². The minimum atomic E-state index is 0.761. The van der Waals surface area contributed by atoms with Crippen LogP contribution >= 0.6 is 0 Å². The number of hydrogen-bond donors (Lipinski definition) is 1. The van der Waals surface area contributed by atoms with Crippen molar-refractivity contribution in [1.29, 1.82) is 0 Å². The van der Waals surface area contributed by atoms with E-state index in [1.54, 1.807) is 0 Å². The average Bonchev–Trinajstić information content (AvgIpc) is 3.25. The predicted molar refractivity (Wildman–Crippen MR) is 79.3 cm³/mol. The smallest absolute Gasteiger partial charge is 0.0442 e. The second-order valence-corrected chi connectivity index (χ2v) is 6.18. The summed E-state index contributed by atoms with van der Waals surface area (Å²) in [6.07, 6.45) is 10.7. The molecule has 104 valence electrons. The van der Waals surface area contributed by atoms with Gasteiger partial charge in [0.15, 0.2) is 0 Å². The Morgan fingerprint density at radius 2 is 2.16 bits per heavy atom. The van der Waals surface area contributed by atoms with Crippen molar-refractivity contribution >= 4 is 5.69 Å². The zero-order valence-electron chi connectivity index (χ0n) is 11.9. The third kappa shape index (κ3) is 3.47. The molecule has 1 saturated carbocycles. The number of pyridine rings is 1. The highest BCUT2D eigenvalue weighted by Crippen LogP contribution is 2.26. The van der Waals surface area contributed by atoms with Crippen LogP contribution in [0.5, 0.6) is 0 Å². The molecule has 1 N–H and O–H groups in total. The van der Waals surface area contributed by atoms with E-state index in [2.05, 4.69) is 28.2 Å². The topological polar surface area (TPSA) is 28.2 Å². The first kappa shape index (κ1) is 12.9. The van der Waals surface area contributed by atoms with Gasteiger partial charge in [0, 0.05) is 49.3 Å². The molecule has 2 aliphatic rings. The van der Waals surface area contributed by atoms with E-state index >= 15 is 0 Å². The highest BCUT2D eigenvalue weighted by molar-refractivity contribution is 5.52. The van der Waals surface area contributed by atoms with Gasteiger partial charge in [-0.2, -0.15) is 0 Å². The number of hydrogen-bond acceptors (Lipinski definition) is 3. The van der Waals surface area contributed by atoms with E-state index in [1.807, 2.05) is 12.4 Å². The summed E-state index contributed by atoms with van der Waals surface area (Å²) in [4.78, 5) is 6.87. The van der Waals surface area contributed by atoms with Crippen molar-refractivity contribution in [1.82, 2.24) is 10.3 Å². The van der Waals surface area contributed by atoms with Crippen LogP contribution in [0.3, 0.4) is 0 Å². The van der Waals surface area contributed by atoms with Crippen LogP contribution in [0.25, 0.3) is 0 Å². The third-order valence-corrected chi connectivity index (χ3v) is 4.39. The lowest BCUT2D eigenvalue weighted by Gasteiger charge is -2.25. The van der Waals surface area contributed by atoms with Crippen molar-refractivity contribution in [2.45, 2.75) is 51.6 Å². The van der Waals surface area contributed by atoms with Gasteiger partial charge < -0.3 is 10.2 Å². The minimum Gasteiger partial charge on any atom is -0.371 e. The third-order valence-electron chi connectivity index (χ3n) is 4.39. The van der Waals surface area contributed by atoms with E-state index in [4.69, 9.17) is 0 Å². The van der Waals surface area contributed by atoms with Crippen LogP contribution in [0, 0.1) is 5.92 Å². The molecule has 1 unspecified atom stereocenters. The van der Waals surface area contributed by atoms with E-state index in [1.165, 1.54) is 56.4 Å². The molecule has 3 rings (SSSR count). The van der Waals surface area contributed by atoms with Gasteiger partial charge in [0.05, 0.1) is 0 Å². The summed E-state index contributed by atoms with van der Waals surface area (Å²) >= 11 is 0. The van der Waals surface area contributed by atoms with Gasteiger partial charge in [-0.25, -0.2) is 0 Å². The Hall–Kier alpha value is -1.09. The normalized spacial score (nSPS) is 24.3. The monoisotopic (exact) mass is 259 g/mol. The summed E-state index contributed by atoms with van der Waals surface area (Å²) in [6.45, 7) is 5.75. The highest BCUT2D eigenvalue weighted by Gasteiger charge is 2.21. The van der Waals surface area contributed by atoms with Crippen LogP contribution in [-0.4, -0.2) is 24.1 Å². The van der Waals surface area contributed by atoms with E-state index in [9.17, 15) is 0 Å². The van der Waals surface area contributed by atoms with Gasteiger partial charge >= 0.3 is 0 Å². The van der Waals surface area contributed by atoms with Crippen LogP contribution in [0.15, 0.2) is 18.5 Å². The maximum Gasteiger partial charge on any atom is 0.0442 e. The number of nitrogens with one attached hydrogen (secondary N) is 1. The SMILES string of the molecule is CC1CCCN(c2ccncc2CNC2CC2)CC1. The molecule has 3 nitrogen and oxygen atoms in total. The van der Waals surface area contributed by atoms with Crippen LogP contribution in [0.2, 0.25) is 0 Å². The summed E-state index contributed by atoms with van der Waals surface area (Å²) in [5.41, 5.74) is 2.77. The molecule has 3 heteroatoms. The first-order valence-corrected chi connectivity index (χ1v) is 7.74. The Bertz CT molecular complexity index is 414. The van der Waals surface area contributed by atoms with E-state index in [-0.39, 0.29) is 0 Å². The molecule has 1 aliphatic carbocycles. The van der Waals surface area contributed by atoms with Gasteiger partial charge in [-0.15, -0.1) is 0 Å². The standard InChI is InChI=1S/C16H25N3/c1-13-3-2-9-19(10-7-13)16-6-8-17-11-14(16)12-18-15-4-5-15/h6,8,11,13,15,18H,2-5,7,9-10,12H2,1H3. The van der Waals surface area contributed by atoms with Crippen LogP contribution in [0.1, 0.15) is 44.6 Å². The second kappa shape index (κ2) is 5.91. The van der Waals surface area contributed by atoms with Crippen molar-refractivity contribution < 1.29 is 0 Å². The summed E-state index contributed by atoms with van der Waals surface area (Å²) in [6, 6.07) is 2.96. The molecule has 0 amide bonds. The Labute approximate surface area is 116 Å². The minimum absolute atomic E-state index is 0.761. The van der Waals surface area contributed by atoms with Gasteiger partial charge in [0.25, 0.3) is 0 Å². The molecule has 2 fully saturated rings. The molecule has 1 aliphatic heterocycles. The number of nitrogens with zero attached hydrogens (tertiary/aromatic N) is 2. The van der Waals surface area contributed by atoms with Gasteiger partial charge in [0.1, 0.15) is 0 Å². The molecule has 0 radical (unpaired) electrons. The lowest BCUT2D eigenvalue weighted by atomic mass is 10.0. The predicted octanol–water partition coefficient (Wildman–Crippen LogP) is 2.96. The van der Waals surface area contributed by atoms with Gasteiger partial charge in [-0.1, -0.05) is 6.92 Å². The molecular formula is C16H25N3. The average molecular weight is 259 g/mol. The first-order valence-electron chi connectivity index (χ1n) is 7.74. The Kier molecular flexibility index (Phi) is 4.02. The molecule has 1 atom stereocenters. The Balaban J connectivity index is 1.70. The van der Waals surface area contributed by atoms with Crippen LogP contribution in [0.4, 0.5) is 5.69 Å². The lowest BCUT2D eigenvalue weighted by molar-refractivity contribution is 0.521. The van der Waals surface area contributed by atoms with Gasteiger partial charge in [0.2, 0.25) is 0 Å². The van der Waals surface area contributed by atoms with E-state index < -0.39 is 0 Å². The molecule has 2 heterocycles. The molecule has 1 aromatic rings. The molecular weight excluding hydrogens is 234 g/mol. The molecule has 0 spiro atoms. The molecule has 1 saturated heterocycles. The van der Waals surface area contributed by atoms with Crippen molar-refractivity contribution in [2.75, 3.05) is 18.0 Å². The molecule has 1 aromatic heterocycles. The largest absolute Gasteiger partial charge is 0.371 e. The molecule has 19 heavy (non-hydrogen) atoms. The number of aromatic nitrogens is 1. The lowest BCUT2D eigenvalue weighted by Crippen LogP contribution is -2.27. The summed E-state index contributed by atoms with van der Waals surface area (Å²) in [5, 5.41) is 3.61. The Morgan fingerprint density at radius 1 is 1.26 bits per heavy atom. The fraction of sp³-hybridized carbons (Fsp3) is 0.688. The molecule has 0 aromatic carbocycles. The van der Waals surface area contributed by atoms with Crippen LogP contribution in [-0.2, 0) is 6.54 Å². The van der Waals surface area contributed by atoms with E-state index in [0.29, 0.717) is 0 Å². The summed E-state index contributed by atoms with van der Waals surface area (Å²) in [5.74, 6) is 0.875. The zero-order valence-corrected chi connectivity index (χ0v) is 11.9. The quantitative estimate of drug-likeness (QED) is 0.901. The Morgan fingerprint density at radius 3 is 3.00 bits per heavy atom. The van der Waals surface area contributed by atoms with Gasteiger partial charge in [-0.3, -0.25) is 4.98 Å². The fourth-order valence-corrected chi connectivity index (χ4v) is 2.91. The number of rotatable bonds is 4.